The van der Waals surface area contributed by atoms with Crippen molar-refractivity contribution in [3.63, 3.8) is 0 Å². The van der Waals surface area contributed by atoms with Gasteiger partial charge in [0, 0.05) is 5.02 Å². The molecule has 140 valence electrons. The summed E-state index contributed by atoms with van der Waals surface area (Å²) in [6, 6.07) is 11.9. The third-order valence-corrected chi connectivity index (χ3v) is 6.79. The zero-order valence-corrected chi connectivity index (χ0v) is 16.1. The van der Waals surface area contributed by atoms with E-state index in [9.17, 15) is 12.8 Å². The van der Waals surface area contributed by atoms with Crippen molar-refractivity contribution < 1.29 is 12.8 Å². The first-order valence-corrected chi connectivity index (χ1v) is 10.5. The molecule has 0 amide bonds. The number of benzene rings is 2. The van der Waals surface area contributed by atoms with E-state index < -0.39 is 10.0 Å². The minimum Gasteiger partial charge on any atom is -0.301 e. The van der Waals surface area contributed by atoms with Crippen LogP contribution in [0.15, 0.2) is 53.4 Å². The van der Waals surface area contributed by atoms with Gasteiger partial charge in [0.15, 0.2) is 0 Å². The molecule has 0 saturated carbocycles. The van der Waals surface area contributed by atoms with Gasteiger partial charge in [-0.05, 0) is 67.8 Å². The van der Waals surface area contributed by atoms with Crippen molar-refractivity contribution in [3.8, 4) is 0 Å². The summed E-state index contributed by atoms with van der Waals surface area (Å²) >= 11 is 5.90. The molecule has 1 fully saturated rings. The van der Waals surface area contributed by atoms with Crippen molar-refractivity contribution in [2.75, 3.05) is 6.54 Å². The minimum absolute atomic E-state index is 0.208. The predicted molar refractivity (Wildman–Crippen MR) is 101 cm³/mol. The Balaban J connectivity index is 2.00. The summed E-state index contributed by atoms with van der Waals surface area (Å²) in [5, 5.41) is 3.81. The van der Waals surface area contributed by atoms with Crippen LogP contribution >= 0.6 is 11.6 Å². The van der Waals surface area contributed by atoms with Gasteiger partial charge in [-0.3, -0.25) is 0 Å². The summed E-state index contributed by atoms with van der Waals surface area (Å²) in [5.74, 6) is -0.334. The molecule has 26 heavy (non-hydrogen) atoms. The third-order valence-electron chi connectivity index (χ3n) is 4.60. The molecule has 2 aromatic carbocycles. The minimum atomic E-state index is -3.72. The fraction of sp³-hybridized carbons (Fsp3) is 0.368. The van der Waals surface area contributed by atoms with E-state index in [1.54, 1.807) is 24.3 Å². The van der Waals surface area contributed by atoms with E-state index in [2.05, 4.69) is 5.32 Å². The molecule has 0 radical (unpaired) electrons. The van der Waals surface area contributed by atoms with Gasteiger partial charge in [-0.15, -0.1) is 0 Å². The standard InChI is InChI=1S/C19H22ClFN2O2S/c1-2-13-22-19-12-11-18(14-3-7-16(21)8-4-14)23(19)26(24,25)17-9-5-15(20)6-10-17/h3-10,18-19,22H,2,11-13H2,1H3. The molecule has 1 heterocycles. The first-order chi connectivity index (χ1) is 12.4. The number of nitrogens with one attached hydrogen (secondary N) is 1. The van der Waals surface area contributed by atoms with Crippen LogP contribution in [0.3, 0.4) is 0 Å². The van der Waals surface area contributed by atoms with Crippen molar-refractivity contribution in [2.45, 2.75) is 43.3 Å². The van der Waals surface area contributed by atoms with Crippen LogP contribution in [0.5, 0.6) is 0 Å². The Morgan fingerprint density at radius 2 is 1.77 bits per heavy atom. The van der Waals surface area contributed by atoms with Crippen LogP contribution in [0.1, 0.15) is 37.8 Å². The zero-order chi connectivity index (χ0) is 18.7. The number of halogens is 2. The smallest absolute Gasteiger partial charge is 0.245 e. The third kappa shape index (κ3) is 3.93. The second kappa shape index (κ2) is 8.05. The van der Waals surface area contributed by atoms with Gasteiger partial charge < -0.3 is 5.32 Å². The number of sulfonamides is 1. The maximum absolute atomic E-state index is 13.3. The highest BCUT2D eigenvalue weighted by Gasteiger charge is 2.42. The summed E-state index contributed by atoms with van der Waals surface area (Å²) in [6.45, 7) is 2.77. The van der Waals surface area contributed by atoms with E-state index in [-0.39, 0.29) is 22.9 Å². The normalized spacial score (nSPS) is 21.2. The van der Waals surface area contributed by atoms with Crippen molar-refractivity contribution in [1.29, 1.82) is 0 Å². The molecule has 0 spiro atoms. The fourth-order valence-electron chi connectivity index (χ4n) is 3.35. The summed E-state index contributed by atoms with van der Waals surface area (Å²) in [6.07, 6.45) is 2.01. The van der Waals surface area contributed by atoms with Gasteiger partial charge in [0.2, 0.25) is 10.0 Å². The lowest BCUT2D eigenvalue weighted by Crippen LogP contribution is -2.45. The lowest BCUT2D eigenvalue weighted by Gasteiger charge is -2.30. The Bertz CT molecular complexity index is 841. The molecule has 0 bridgehead atoms. The van der Waals surface area contributed by atoms with Gasteiger partial charge >= 0.3 is 0 Å². The molecule has 4 nitrogen and oxygen atoms in total. The van der Waals surface area contributed by atoms with Crippen molar-refractivity contribution >= 4 is 21.6 Å². The molecular formula is C19H22ClFN2O2S. The highest BCUT2D eigenvalue weighted by Crippen LogP contribution is 2.39. The summed E-state index contributed by atoms with van der Waals surface area (Å²) in [5.41, 5.74) is 0.796. The Morgan fingerprint density at radius 3 is 2.38 bits per heavy atom. The highest BCUT2D eigenvalue weighted by atomic mass is 35.5. The maximum Gasteiger partial charge on any atom is 0.245 e. The van der Waals surface area contributed by atoms with Crippen LogP contribution in [-0.2, 0) is 10.0 Å². The van der Waals surface area contributed by atoms with E-state index in [1.165, 1.54) is 28.6 Å². The van der Waals surface area contributed by atoms with E-state index in [1.807, 2.05) is 6.92 Å². The molecule has 1 aliphatic heterocycles. The quantitative estimate of drug-likeness (QED) is 0.790. The molecule has 1 saturated heterocycles. The SMILES string of the molecule is CCCNC1CCC(c2ccc(F)cc2)N1S(=O)(=O)c1ccc(Cl)cc1. The van der Waals surface area contributed by atoms with Gasteiger partial charge in [0.25, 0.3) is 0 Å². The highest BCUT2D eigenvalue weighted by molar-refractivity contribution is 7.89. The Morgan fingerprint density at radius 1 is 1.12 bits per heavy atom. The number of nitrogens with zero attached hydrogens (tertiary/aromatic N) is 1. The molecule has 3 rings (SSSR count). The molecular weight excluding hydrogens is 375 g/mol. The first-order valence-electron chi connectivity index (χ1n) is 8.71. The average Bonchev–Trinajstić information content (AvgIpc) is 3.05. The molecule has 2 unspecified atom stereocenters. The lowest BCUT2D eigenvalue weighted by molar-refractivity contribution is 0.286. The largest absolute Gasteiger partial charge is 0.301 e. The van der Waals surface area contributed by atoms with Gasteiger partial charge in [-0.1, -0.05) is 30.7 Å². The van der Waals surface area contributed by atoms with Gasteiger partial charge in [0.1, 0.15) is 5.82 Å². The van der Waals surface area contributed by atoms with Crippen LogP contribution in [0, 0.1) is 5.82 Å². The summed E-state index contributed by atoms with van der Waals surface area (Å²) in [4.78, 5) is 0.208. The van der Waals surface area contributed by atoms with Gasteiger partial charge in [0.05, 0.1) is 17.1 Å². The Labute approximate surface area is 159 Å². The molecule has 0 aromatic heterocycles. The fourth-order valence-corrected chi connectivity index (χ4v) is 5.28. The monoisotopic (exact) mass is 396 g/mol. The number of rotatable bonds is 6. The van der Waals surface area contributed by atoms with E-state index in [0.29, 0.717) is 17.9 Å². The molecule has 2 aromatic rings. The van der Waals surface area contributed by atoms with E-state index in [4.69, 9.17) is 11.6 Å². The number of hydrogen-bond acceptors (Lipinski definition) is 3. The molecule has 1 N–H and O–H groups in total. The van der Waals surface area contributed by atoms with Crippen molar-refractivity contribution in [1.82, 2.24) is 9.62 Å². The predicted octanol–water partition coefficient (Wildman–Crippen LogP) is 4.33. The number of hydrogen-bond donors (Lipinski definition) is 1. The Hall–Kier alpha value is -1.47. The van der Waals surface area contributed by atoms with Crippen LogP contribution in [-0.4, -0.2) is 25.4 Å². The van der Waals surface area contributed by atoms with Crippen LogP contribution in [0.25, 0.3) is 0 Å². The van der Waals surface area contributed by atoms with Crippen molar-refractivity contribution in [3.05, 3.63) is 64.9 Å². The molecule has 0 aliphatic carbocycles. The van der Waals surface area contributed by atoms with Gasteiger partial charge in [-0.2, -0.15) is 4.31 Å². The maximum atomic E-state index is 13.3. The first kappa shape index (κ1) is 19.3. The zero-order valence-electron chi connectivity index (χ0n) is 14.5. The van der Waals surface area contributed by atoms with E-state index >= 15 is 0 Å². The van der Waals surface area contributed by atoms with Crippen molar-refractivity contribution in [2.24, 2.45) is 0 Å². The molecule has 1 aliphatic rings. The van der Waals surface area contributed by atoms with Crippen LogP contribution in [0.4, 0.5) is 4.39 Å². The van der Waals surface area contributed by atoms with Gasteiger partial charge in [-0.25, -0.2) is 12.8 Å². The lowest BCUT2D eigenvalue weighted by atomic mass is 10.1. The van der Waals surface area contributed by atoms with E-state index in [0.717, 1.165) is 18.5 Å². The average molecular weight is 397 g/mol. The molecule has 2 atom stereocenters. The summed E-state index contributed by atoms with van der Waals surface area (Å²) < 4.78 is 41.5. The van der Waals surface area contributed by atoms with Crippen LogP contribution in [0.2, 0.25) is 5.02 Å². The molecule has 7 heteroatoms. The Kier molecular flexibility index (Phi) is 5.97. The summed E-state index contributed by atoms with van der Waals surface area (Å²) in [7, 11) is -3.72. The van der Waals surface area contributed by atoms with Crippen LogP contribution < -0.4 is 5.32 Å². The topological polar surface area (TPSA) is 49.4 Å². The second-order valence-electron chi connectivity index (χ2n) is 6.40. The second-order valence-corrected chi connectivity index (χ2v) is 8.68.